The largest absolute Gasteiger partial charge is 0.301 e. The van der Waals surface area contributed by atoms with E-state index in [2.05, 4.69) is 52.8 Å². The first kappa shape index (κ1) is 14.4. The highest BCUT2D eigenvalue weighted by Gasteiger charge is 2.27. The summed E-state index contributed by atoms with van der Waals surface area (Å²) in [5.74, 6) is 2.53. The van der Waals surface area contributed by atoms with Crippen molar-refractivity contribution in [1.82, 2.24) is 9.80 Å². The number of nitrogens with zero attached hydrogens (tertiary/aromatic N) is 2. The van der Waals surface area contributed by atoms with Gasteiger partial charge in [-0.15, -0.1) is 0 Å². The van der Waals surface area contributed by atoms with Crippen LogP contribution in [0.15, 0.2) is 30.3 Å². The summed E-state index contributed by atoms with van der Waals surface area (Å²) < 4.78 is 0. The van der Waals surface area contributed by atoms with E-state index in [0.717, 1.165) is 18.2 Å². The van der Waals surface area contributed by atoms with Gasteiger partial charge >= 0.3 is 0 Å². The Morgan fingerprint density at radius 3 is 2.25 bits per heavy atom. The Bertz CT molecular complexity index is 397. The summed E-state index contributed by atoms with van der Waals surface area (Å²) >= 11 is 4.56. The minimum atomic E-state index is 0.564. The molecule has 3 heteroatoms. The molecule has 0 N–H and O–H groups in total. The lowest BCUT2D eigenvalue weighted by Crippen LogP contribution is -2.48. The van der Waals surface area contributed by atoms with Gasteiger partial charge in [-0.1, -0.05) is 30.3 Å². The number of hydrogen-bond donors (Lipinski definition) is 1. The monoisotopic (exact) mass is 290 g/mol. The van der Waals surface area contributed by atoms with E-state index in [1.54, 1.807) is 0 Å². The first-order valence-corrected chi connectivity index (χ1v) is 8.59. The Morgan fingerprint density at radius 2 is 1.65 bits per heavy atom. The van der Waals surface area contributed by atoms with Gasteiger partial charge in [-0.05, 0) is 30.1 Å². The van der Waals surface area contributed by atoms with Gasteiger partial charge in [-0.25, -0.2) is 0 Å². The van der Waals surface area contributed by atoms with Crippen LogP contribution in [0, 0.1) is 5.92 Å². The van der Waals surface area contributed by atoms with Crippen LogP contribution < -0.4 is 0 Å². The van der Waals surface area contributed by atoms with Gasteiger partial charge in [-0.2, -0.15) is 12.6 Å². The molecule has 1 aromatic carbocycles. The van der Waals surface area contributed by atoms with Gasteiger partial charge in [0.2, 0.25) is 0 Å². The van der Waals surface area contributed by atoms with Gasteiger partial charge in [0.25, 0.3) is 0 Å². The summed E-state index contributed by atoms with van der Waals surface area (Å²) in [5, 5.41) is 0. The number of rotatable bonds is 6. The normalized spacial score (nSPS) is 22.9. The topological polar surface area (TPSA) is 6.48 Å². The molecule has 1 saturated heterocycles. The van der Waals surface area contributed by atoms with Crippen molar-refractivity contribution in [3.63, 3.8) is 0 Å². The summed E-state index contributed by atoms with van der Waals surface area (Å²) in [7, 11) is 0. The van der Waals surface area contributed by atoms with Crippen LogP contribution in [0.1, 0.15) is 24.3 Å². The average Bonchev–Trinajstić information content (AvgIpc) is 3.31. The number of benzene rings is 1. The molecule has 0 aromatic heterocycles. The Hall–Kier alpha value is -0.510. The number of hydrogen-bond acceptors (Lipinski definition) is 3. The van der Waals surface area contributed by atoms with Crippen molar-refractivity contribution >= 4 is 12.6 Å². The van der Waals surface area contributed by atoms with Gasteiger partial charge in [0.15, 0.2) is 0 Å². The fourth-order valence-electron chi connectivity index (χ4n) is 3.13. The quantitative estimate of drug-likeness (QED) is 0.805. The second-order valence-corrected chi connectivity index (χ2v) is 6.70. The third-order valence-corrected chi connectivity index (χ3v) is 5.09. The summed E-state index contributed by atoms with van der Waals surface area (Å²) in [5.41, 5.74) is 1.43. The summed E-state index contributed by atoms with van der Waals surface area (Å²) in [6, 6.07) is 10.9. The van der Waals surface area contributed by atoms with E-state index in [-0.39, 0.29) is 0 Å². The van der Waals surface area contributed by atoms with Gasteiger partial charge in [0.05, 0.1) is 0 Å². The van der Waals surface area contributed by atoms with Crippen molar-refractivity contribution in [1.29, 1.82) is 0 Å². The first-order chi connectivity index (χ1) is 9.85. The Morgan fingerprint density at radius 1 is 1.00 bits per heavy atom. The van der Waals surface area contributed by atoms with E-state index in [4.69, 9.17) is 0 Å². The fraction of sp³-hybridized carbons (Fsp3) is 0.647. The van der Waals surface area contributed by atoms with E-state index in [1.807, 2.05) is 0 Å². The molecule has 1 atom stereocenters. The molecule has 3 rings (SSSR count). The minimum Gasteiger partial charge on any atom is -0.301 e. The molecule has 2 nitrogen and oxygen atoms in total. The number of thiol groups is 1. The molecule has 2 fully saturated rings. The molecular formula is C17H26N2S. The van der Waals surface area contributed by atoms with Crippen LogP contribution in [0.5, 0.6) is 0 Å². The maximum atomic E-state index is 4.56. The second kappa shape index (κ2) is 6.97. The molecule has 1 aliphatic carbocycles. The third kappa shape index (κ3) is 4.00. The van der Waals surface area contributed by atoms with Crippen molar-refractivity contribution in [3.8, 4) is 0 Å². The van der Waals surface area contributed by atoms with Crippen molar-refractivity contribution in [2.75, 3.05) is 45.0 Å². The standard InChI is InChI=1S/C17H26N2S/c20-14-17(16-4-2-1-3-5-16)13-19-10-8-18(9-11-19)12-15-6-7-15/h1-5,15,17,20H,6-14H2. The zero-order valence-electron chi connectivity index (χ0n) is 12.2. The van der Waals surface area contributed by atoms with Crippen LogP contribution in [0.4, 0.5) is 0 Å². The fourth-order valence-corrected chi connectivity index (χ4v) is 3.45. The first-order valence-electron chi connectivity index (χ1n) is 7.95. The molecule has 0 radical (unpaired) electrons. The maximum Gasteiger partial charge on any atom is 0.0110 e. The van der Waals surface area contributed by atoms with E-state index in [9.17, 15) is 0 Å². The molecule has 0 spiro atoms. The molecule has 1 aliphatic heterocycles. The zero-order valence-corrected chi connectivity index (χ0v) is 13.1. The predicted molar refractivity (Wildman–Crippen MR) is 88.6 cm³/mol. The lowest BCUT2D eigenvalue weighted by Gasteiger charge is -2.36. The lowest BCUT2D eigenvalue weighted by molar-refractivity contribution is 0.125. The molecule has 110 valence electrons. The molecular weight excluding hydrogens is 264 g/mol. The smallest absolute Gasteiger partial charge is 0.0110 e. The lowest BCUT2D eigenvalue weighted by atomic mass is 10.00. The summed E-state index contributed by atoms with van der Waals surface area (Å²) in [6.07, 6.45) is 2.94. The highest BCUT2D eigenvalue weighted by Crippen LogP contribution is 2.30. The van der Waals surface area contributed by atoms with Crippen LogP contribution in [-0.4, -0.2) is 54.8 Å². The molecule has 1 unspecified atom stereocenters. The van der Waals surface area contributed by atoms with Gasteiger partial charge in [0.1, 0.15) is 0 Å². The van der Waals surface area contributed by atoms with Crippen molar-refractivity contribution < 1.29 is 0 Å². The zero-order chi connectivity index (χ0) is 13.8. The molecule has 1 saturated carbocycles. The summed E-state index contributed by atoms with van der Waals surface area (Å²) in [4.78, 5) is 5.28. The van der Waals surface area contributed by atoms with E-state index in [1.165, 1.54) is 51.1 Å². The van der Waals surface area contributed by atoms with Crippen LogP contribution in [0.25, 0.3) is 0 Å². The Labute approximate surface area is 128 Å². The minimum absolute atomic E-state index is 0.564. The van der Waals surface area contributed by atoms with Crippen LogP contribution in [0.2, 0.25) is 0 Å². The van der Waals surface area contributed by atoms with Gasteiger partial charge in [0, 0.05) is 45.2 Å². The highest BCUT2D eigenvalue weighted by molar-refractivity contribution is 7.80. The van der Waals surface area contributed by atoms with E-state index >= 15 is 0 Å². The molecule has 0 bridgehead atoms. The molecule has 20 heavy (non-hydrogen) atoms. The third-order valence-electron chi connectivity index (χ3n) is 4.65. The van der Waals surface area contributed by atoms with Crippen LogP contribution in [-0.2, 0) is 0 Å². The van der Waals surface area contributed by atoms with E-state index < -0.39 is 0 Å². The predicted octanol–water partition coefficient (Wildman–Crippen LogP) is 2.73. The van der Waals surface area contributed by atoms with E-state index in [0.29, 0.717) is 5.92 Å². The molecule has 1 aromatic rings. The molecule has 1 heterocycles. The van der Waals surface area contributed by atoms with Gasteiger partial charge in [-0.3, -0.25) is 0 Å². The van der Waals surface area contributed by atoms with Gasteiger partial charge < -0.3 is 9.80 Å². The maximum absolute atomic E-state index is 4.56. The van der Waals surface area contributed by atoms with Crippen molar-refractivity contribution in [2.45, 2.75) is 18.8 Å². The SMILES string of the molecule is SCC(CN1CCN(CC2CC2)CC1)c1ccccc1. The Balaban J connectivity index is 1.47. The van der Waals surface area contributed by atoms with Crippen molar-refractivity contribution in [2.24, 2.45) is 5.92 Å². The highest BCUT2D eigenvalue weighted by atomic mass is 32.1. The summed E-state index contributed by atoms with van der Waals surface area (Å²) in [6.45, 7) is 7.47. The second-order valence-electron chi connectivity index (χ2n) is 6.33. The molecule has 2 aliphatic rings. The average molecular weight is 290 g/mol. The van der Waals surface area contributed by atoms with Crippen molar-refractivity contribution in [3.05, 3.63) is 35.9 Å². The molecule has 0 amide bonds. The number of piperazine rings is 1. The van der Waals surface area contributed by atoms with Crippen LogP contribution >= 0.6 is 12.6 Å². The Kier molecular flexibility index (Phi) is 5.03. The van der Waals surface area contributed by atoms with Crippen LogP contribution in [0.3, 0.4) is 0 Å².